The van der Waals surface area contributed by atoms with Gasteiger partial charge in [0.2, 0.25) is 5.78 Å². The van der Waals surface area contributed by atoms with Gasteiger partial charge in [0.1, 0.15) is 23.0 Å². The van der Waals surface area contributed by atoms with Crippen molar-refractivity contribution in [3.05, 3.63) is 126 Å². The van der Waals surface area contributed by atoms with E-state index in [0.29, 0.717) is 22.7 Å². The van der Waals surface area contributed by atoms with Gasteiger partial charge in [0.25, 0.3) is 10.0 Å². The molecule has 5 N–H and O–H groups in total. The molecule has 0 radical (unpaired) electrons. The van der Waals surface area contributed by atoms with E-state index in [0.717, 1.165) is 39.6 Å². The number of para-hydroxylation sites is 1. The number of hydrogen-bond acceptors (Lipinski definition) is 9. The number of hydrogen-bond donors (Lipinski definition) is 3. The van der Waals surface area contributed by atoms with Crippen molar-refractivity contribution in [2.24, 2.45) is 5.84 Å². The lowest BCUT2D eigenvalue weighted by Crippen LogP contribution is -2.19. The van der Waals surface area contributed by atoms with Gasteiger partial charge in [-0.25, -0.2) is 17.1 Å². The van der Waals surface area contributed by atoms with Gasteiger partial charge in [0.15, 0.2) is 0 Å². The van der Waals surface area contributed by atoms with Crippen LogP contribution in [0.2, 0.25) is 0 Å². The van der Waals surface area contributed by atoms with Crippen LogP contribution in [0, 0.1) is 6.92 Å². The number of carbonyl (C=O) groups is 1. The molecular formula is C41H44N6O5S. The van der Waals surface area contributed by atoms with E-state index < -0.39 is 15.8 Å². The van der Waals surface area contributed by atoms with E-state index in [-0.39, 0.29) is 28.1 Å². The van der Waals surface area contributed by atoms with Crippen LogP contribution in [0.4, 0.5) is 11.5 Å². The van der Waals surface area contributed by atoms with Gasteiger partial charge in [-0.15, -0.1) is 0 Å². The molecule has 2 heterocycles. The zero-order valence-electron chi connectivity index (χ0n) is 29.6. The van der Waals surface area contributed by atoms with Crippen LogP contribution < -0.4 is 26.5 Å². The number of anilines is 2. The Morgan fingerprint density at radius 1 is 0.792 bits per heavy atom. The number of aryl methyl sites for hydroxylation is 1. The predicted molar refractivity (Wildman–Crippen MR) is 207 cm³/mol. The third-order valence-corrected chi connectivity index (χ3v) is 11.6. The summed E-state index contributed by atoms with van der Waals surface area (Å²) in [5, 5.41) is 4.98. The van der Waals surface area contributed by atoms with Crippen molar-refractivity contribution >= 4 is 38.2 Å². The minimum absolute atomic E-state index is 0.0108. The molecule has 274 valence electrons. The van der Waals surface area contributed by atoms with Crippen LogP contribution >= 0.6 is 0 Å². The highest BCUT2D eigenvalue weighted by Gasteiger charge is 2.29. The smallest absolute Gasteiger partial charge is 0.268 e. The molecule has 0 saturated heterocycles. The highest BCUT2D eigenvalue weighted by atomic mass is 32.2. The molecule has 0 unspecified atom stereocenters. The summed E-state index contributed by atoms with van der Waals surface area (Å²) in [5.41, 5.74) is 12.0. The van der Waals surface area contributed by atoms with Crippen LogP contribution in [0.15, 0.2) is 114 Å². The first-order valence-electron chi connectivity index (χ1n) is 18.0. The molecule has 2 aliphatic rings. The number of nitrogens with zero attached hydrogens (tertiary/aromatic N) is 3. The van der Waals surface area contributed by atoms with Crippen molar-refractivity contribution < 1.29 is 22.7 Å². The van der Waals surface area contributed by atoms with Gasteiger partial charge in [-0.3, -0.25) is 10.6 Å². The van der Waals surface area contributed by atoms with Crippen LogP contribution in [-0.2, 0) is 10.0 Å². The molecule has 2 aliphatic carbocycles. The second kappa shape index (κ2) is 15.6. The van der Waals surface area contributed by atoms with Crippen LogP contribution in [0.5, 0.6) is 11.5 Å². The lowest BCUT2D eigenvalue weighted by atomic mass is 10.1. The lowest BCUT2D eigenvalue weighted by molar-refractivity contribution is 0.103. The fourth-order valence-corrected chi connectivity index (χ4v) is 8.44. The molecule has 0 bridgehead atoms. The first-order chi connectivity index (χ1) is 25.7. The lowest BCUT2D eigenvalue weighted by Gasteiger charge is -2.13. The second-order valence-corrected chi connectivity index (χ2v) is 15.4. The summed E-state index contributed by atoms with van der Waals surface area (Å²) < 4.78 is 42.0. The summed E-state index contributed by atoms with van der Waals surface area (Å²) in [4.78, 5) is 13.9. The van der Waals surface area contributed by atoms with E-state index in [4.69, 9.17) is 21.1 Å². The fraction of sp³-hybridized carbons (Fsp3) is 0.268. The Kier molecular flexibility index (Phi) is 10.5. The average Bonchev–Trinajstić information content (AvgIpc) is 4.01. The van der Waals surface area contributed by atoms with E-state index in [1.54, 1.807) is 54.6 Å². The maximum atomic E-state index is 13.8. The Morgan fingerprint density at radius 3 is 1.94 bits per heavy atom. The molecule has 2 fully saturated rings. The average molecular weight is 733 g/mol. The molecule has 0 amide bonds. The number of nitrogens with two attached hydrogens (primary N) is 2. The SMILES string of the molecule is Cc1ccc(S(=O)(=O)n2c(C(=O)c3cnn(-c4ccc(OC5CCCC5)cc4)c3N)cc3ccccc32)cc1.NNc1ccc(OC2CCCC2)cc1. The summed E-state index contributed by atoms with van der Waals surface area (Å²) >= 11 is 0. The summed E-state index contributed by atoms with van der Waals surface area (Å²) in [7, 11) is -4.08. The highest BCUT2D eigenvalue weighted by molar-refractivity contribution is 7.90. The number of nitrogens with one attached hydrogen (secondary N) is 1. The van der Waals surface area contributed by atoms with Gasteiger partial charge in [-0.05, 0) is 131 Å². The van der Waals surface area contributed by atoms with Crippen molar-refractivity contribution in [1.82, 2.24) is 13.8 Å². The number of aromatic nitrogens is 3. The molecule has 53 heavy (non-hydrogen) atoms. The van der Waals surface area contributed by atoms with Crippen LogP contribution in [0.3, 0.4) is 0 Å². The molecule has 2 saturated carbocycles. The number of ketones is 1. The van der Waals surface area contributed by atoms with Gasteiger partial charge < -0.3 is 20.6 Å². The van der Waals surface area contributed by atoms with E-state index in [9.17, 15) is 13.2 Å². The molecule has 2 aromatic heterocycles. The Labute approximate surface area is 309 Å². The number of nitrogen functional groups attached to an aromatic ring is 2. The first-order valence-corrected chi connectivity index (χ1v) is 19.5. The third-order valence-electron chi connectivity index (χ3n) is 9.82. The number of ether oxygens (including phenoxy) is 2. The molecule has 11 nitrogen and oxygen atoms in total. The third kappa shape index (κ3) is 7.79. The van der Waals surface area contributed by atoms with Crippen molar-refractivity contribution in [3.63, 3.8) is 0 Å². The quantitative estimate of drug-likeness (QED) is 0.0727. The molecule has 8 rings (SSSR count). The zero-order chi connectivity index (χ0) is 37.0. The van der Waals surface area contributed by atoms with Gasteiger partial charge in [0.05, 0.1) is 40.1 Å². The molecule has 0 spiro atoms. The number of rotatable bonds is 10. The molecule has 6 aromatic rings. The molecule has 12 heteroatoms. The number of benzene rings is 4. The molecular weight excluding hydrogens is 689 g/mol. The first kappa shape index (κ1) is 35.8. The summed E-state index contributed by atoms with van der Waals surface area (Å²) in [5.74, 6) is 6.57. The Bertz CT molecular complexity index is 2290. The van der Waals surface area contributed by atoms with Crippen LogP contribution in [-0.4, -0.2) is 40.2 Å². The van der Waals surface area contributed by atoms with Gasteiger partial charge in [0, 0.05) is 11.1 Å². The fourth-order valence-electron chi connectivity index (χ4n) is 6.93. The molecule has 0 aliphatic heterocycles. The topological polar surface area (TPSA) is 156 Å². The van der Waals surface area contributed by atoms with E-state index in [1.807, 2.05) is 55.5 Å². The summed E-state index contributed by atoms with van der Waals surface area (Å²) in [6.45, 7) is 1.88. The van der Waals surface area contributed by atoms with Gasteiger partial charge in [-0.2, -0.15) is 5.10 Å². The van der Waals surface area contributed by atoms with Crippen molar-refractivity contribution in [1.29, 1.82) is 0 Å². The minimum Gasteiger partial charge on any atom is -0.490 e. The zero-order valence-corrected chi connectivity index (χ0v) is 30.5. The maximum absolute atomic E-state index is 13.8. The number of carbonyl (C=O) groups excluding carboxylic acids is 1. The van der Waals surface area contributed by atoms with Crippen LogP contribution in [0.1, 0.15) is 73.0 Å². The predicted octanol–water partition coefficient (Wildman–Crippen LogP) is 7.80. The van der Waals surface area contributed by atoms with Gasteiger partial charge in [-0.1, -0.05) is 35.9 Å². The van der Waals surface area contributed by atoms with Crippen molar-refractivity contribution in [2.75, 3.05) is 11.2 Å². The van der Waals surface area contributed by atoms with E-state index >= 15 is 0 Å². The Hall–Kier alpha value is -5.59. The Morgan fingerprint density at radius 2 is 1.36 bits per heavy atom. The standard InChI is InChI=1S/C30H28N4O4S.C11H16N2O/c1-20-10-16-25(17-11-20)39(36,37)34-27-9-5-2-6-21(27)18-28(34)29(35)26-19-32-33(30(26)31)22-12-14-24(15-13-22)38-23-7-3-4-8-23;12-13-9-5-7-11(8-6-9)14-10-3-1-2-4-10/h2,5-6,9-19,23H,3-4,7-8,31H2,1H3;5-8,10,13H,1-4,12H2. The number of hydrazine groups is 1. The van der Waals surface area contributed by atoms with E-state index in [2.05, 4.69) is 10.5 Å². The summed E-state index contributed by atoms with van der Waals surface area (Å²) in [6, 6.07) is 30.3. The summed E-state index contributed by atoms with van der Waals surface area (Å²) in [6.07, 6.45) is 11.5. The van der Waals surface area contributed by atoms with Crippen molar-refractivity contribution in [3.8, 4) is 17.2 Å². The van der Waals surface area contributed by atoms with Crippen LogP contribution in [0.25, 0.3) is 16.6 Å². The normalized spacial score (nSPS) is 14.9. The van der Waals surface area contributed by atoms with E-state index in [1.165, 1.54) is 49.4 Å². The maximum Gasteiger partial charge on any atom is 0.268 e. The van der Waals surface area contributed by atoms with Crippen molar-refractivity contribution in [2.45, 2.75) is 75.4 Å². The highest BCUT2D eigenvalue weighted by Crippen LogP contribution is 2.31. The molecule has 4 aromatic carbocycles. The number of fused-ring (bicyclic) bond motifs is 1. The Balaban J connectivity index is 0.000000260. The minimum atomic E-state index is -4.08. The largest absolute Gasteiger partial charge is 0.490 e. The molecule has 0 atom stereocenters. The second-order valence-electron chi connectivity index (χ2n) is 13.6. The monoisotopic (exact) mass is 732 g/mol. The van der Waals surface area contributed by atoms with Gasteiger partial charge >= 0.3 is 0 Å².